The van der Waals surface area contributed by atoms with Gasteiger partial charge < -0.3 is 29.2 Å². The summed E-state index contributed by atoms with van der Waals surface area (Å²) in [5.74, 6) is 0. The number of nitro benzene ring substituents is 2. The third kappa shape index (κ3) is 4.46. The van der Waals surface area contributed by atoms with Crippen LogP contribution in [-0.4, -0.2) is 57.7 Å². The second kappa shape index (κ2) is 9.24. The van der Waals surface area contributed by atoms with Gasteiger partial charge in [-0.05, 0) is 0 Å². The van der Waals surface area contributed by atoms with Crippen LogP contribution in [0, 0.1) is 20.2 Å². The van der Waals surface area contributed by atoms with Crippen LogP contribution in [0.4, 0.5) is 11.4 Å². The zero-order valence-electron chi connectivity index (χ0n) is 16.6. The van der Waals surface area contributed by atoms with Crippen molar-refractivity contribution in [1.29, 1.82) is 0 Å². The molecule has 2 saturated heterocycles. The molecule has 170 valence electrons. The van der Waals surface area contributed by atoms with Crippen molar-refractivity contribution in [3.63, 3.8) is 0 Å². The third-order valence-corrected chi connectivity index (χ3v) is 5.23. The fourth-order valence-electron chi connectivity index (χ4n) is 3.68. The second-order valence-electron chi connectivity index (χ2n) is 7.33. The highest BCUT2D eigenvalue weighted by atomic mass is 16.8. The number of nitrogens with zero attached hydrogens (tertiary/aromatic N) is 2. The highest BCUT2D eigenvalue weighted by Crippen LogP contribution is 2.39. The highest BCUT2D eigenvalue weighted by molar-refractivity contribution is 5.36. The molecule has 0 amide bonds. The number of hydrogen-bond acceptors (Lipinski definition) is 10. The van der Waals surface area contributed by atoms with E-state index in [0.29, 0.717) is 11.1 Å². The fourth-order valence-corrected chi connectivity index (χ4v) is 3.68. The Labute approximate surface area is 181 Å². The molecule has 32 heavy (non-hydrogen) atoms. The van der Waals surface area contributed by atoms with Gasteiger partial charge in [-0.15, -0.1) is 0 Å². The first-order chi connectivity index (χ1) is 15.4. The van der Waals surface area contributed by atoms with Gasteiger partial charge in [0.15, 0.2) is 12.6 Å². The van der Waals surface area contributed by atoms with E-state index in [9.17, 15) is 30.4 Å². The first-order valence-corrected chi connectivity index (χ1v) is 9.73. The van der Waals surface area contributed by atoms with Gasteiger partial charge in [-0.1, -0.05) is 24.3 Å². The Hall–Kier alpha value is -3.00. The summed E-state index contributed by atoms with van der Waals surface area (Å²) in [6.07, 6.45) is -6.03. The summed E-state index contributed by atoms with van der Waals surface area (Å²) in [4.78, 5) is 21.1. The third-order valence-electron chi connectivity index (χ3n) is 5.23. The van der Waals surface area contributed by atoms with Crippen LogP contribution in [0.15, 0.2) is 48.5 Å². The molecule has 4 rings (SSSR count). The molecule has 2 fully saturated rings. The first-order valence-electron chi connectivity index (χ1n) is 9.73. The van der Waals surface area contributed by atoms with Gasteiger partial charge in [-0.3, -0.25) is 20.2 Å². The molecule has 2 N–H and O–H groups in total. The van der Waals surface area contributed by atoms with Crippen LogP contribution in [0.5, 0.6) is 0 Å². The molecule has 2 aromatic carbocycles. The van der Waals surface area contributed by atoms with E-state index in [1.165, 1.54) is 36.4 Å². The van der Waals surface area contributed by atoms with E-state index < -0.39 is 53.4 Å². The molecule has 2 aliphatic heterocycles. The molecule has 2 unspecified atom stereocenters. The molecule has 0 spiro atoms. The SMILES string of the molecule is O=[N+]([O-])c1cccc(C2OC[C@H]3OC(c4cccc([N+](=O)[O-])c4)O[C@@H]([C@@H](O)CO)[C@H]3O2)c1. The molecule has 12 nitrogen and oxygen atoms in total. The molecule has 0 aromatic heterocycles. The number of benzene rings is 2. The number of fused-ring (bicyclic) bond motifs is 1. The van der Waals surface area contributed by atoms with Gasteiger partial charge >= 0.3 is 0 Å². The lowest BCUT2D eigenvalue weighted by molar-refractivity contribution is -0.386. The Morgan fingerprint density at radius 2 is 1.53 bits per heavy atom. The van der Waals surface area contributed by atoms with Crippen molar-refractivity contribution in [3.05, 3.63) is 79.9 Å². The number of hydrogen-bond donors (Lipinski definition) is 2. The number of aliphatic hydroxyl groups is 2. The minimum Gasteiger partial charge on any atom is -0.394 e. The van der Waals surface area contributed by atoms with Gasteiger partial charge in [0.1, 0.15) is 24.4 Å². The summed E-state index contributed by atoms with van der Waals surface area (Å²) in [6.45, 7) is -0.622. The summed E-state index contributed by atoms with van der Waals surface area (Å²) in [7, 11) is 0. The molecular weight excluding hydrogens is 428 g/mol. The Morgan fingerprint density at radius 3 is 2.09 bits per heavy atom. The topological polar surface area (TPSA) is 164 Å². The van der Waals surface area contributed by atoms with E-state index in [-0.39, 0.29) is 18.0 Å². The van der Waals surface area contributed by atoms with Crippen LogP contribution in [0.2, 0.25) is 0 Å². The monoisotopic (exact) mass is 448 g/mol. The standard InChI is InChI=1S/C20H20N2O10/c23-9-15(24)17-18-16(30-20(31-17)12-4-2-6-14(8-12)22(27)28)10-29-19(32-18)11-3-1-5-13(7-11)21(25)26/h1-8,15-20,23-24H,9-10H2/t15-,16+,17-,18-,19?,20?/m0/s1. The predicted octanol–water partition coefficient (Wildman–Crippen LogP) is 1.75. The molecule has 6 atom stereocenters. The smallest absolute Gasteiger partial charge is 0.269 e. The number of nitro groups is 2. The minimum atomic E-state index is -1.34. The first kappa shape index (κ1) is 22.2. The minimum absolute atomic E-state index is 0.00145. The largest absolute Gasteiger partial charge is 0.394 e. The number of non-ortho nitro benzene ring substituents is 2. The van der Waals surface area contributed by atoms with Gasteiger partial charge in [0, 0.05) is 35.4 Å². The van der Waals surface area contributed by atoms with E-state index in [2.05, 4.69) is 0 Å². The zero-order chi connectivity index (χ0) is 22.8. The average molecular weight is 448 g/mol. The van der Waals surface area contributed by atoms with Crippen molar-refractivity contribution in [2.24, 2.45) is 0 Å². The maximum absolute atomic E-state index is 11.1. The van der Waals surface area contributed by atoms with E-state index in [0.717, 1.165) is 0 Å². The molecule has 0 saturated carbocycles. The van der Waals surface area contributed by atoms with E-state index >= 15 is 0 Å². The Kier molecular flexibility index (Phi) is 6.41. The van der Waals surface area contributed by atoms with Crippen LogP contribution in [0.1, 0.15) is 23.7 Å². The Morgan fingerprint density at radius 1 is 0.938 bits per heavy atom. The summed E-state index contributed by atoms with van der Waals surface area (Å²) >= 11 is 0. The van der Waals surface area contributed by atoms with E-state index in [1.54, 1.807) is 12.1 Å². The lowest BCUT2D eigenvalue weighted by Gasteiger charge is -2.47. The summed E-state index contributed by atoms with van der Waals surface area (Å²) < 4.78 is 23.3. The molecule has 0 aliphatic carbocycles. The van der Waals surface area contributed by atoms with E-state index in [1.807, 2.05) is 0 Å². The maximum Gasteiger partial charge on any atom is 0.269 e. The highest BCUT2D eigenvalue weighted by Gasteiger charge is 2.48. The van der Waals surface area contributed by atoms with Crippen LogP contribution in [0.3, 0.4) is 0 Å². The van der Waals surface area contributed by atoms with Gasteiger partial charge in [0.05, 0.1) is 23.1 Å². The van der Waals surface area contributed by atoms with Crippen molar-refractivity contribution in [2.75, 3.05) is 13.2 Å². The van der Waals surface area contributed by atoms with Crippen molar-refractivity contribution in [3.8, 4) is 0 Å². The summed E-state index contributed by atoms with van der Waals surface area (Å²) in [5.41, 5.74) is 0.466. The lowest BCUT2D eigenvalue weighted by atomic mass is 9.99. The van der Waals surface area contributed by atoms with Crippen molar-refractivity contribution < 1.29 is 39.0 Å². The number of ether oxygens (including phenoxy) is 4. The summed E-state index contributed by atoms with van der Waals surface area (Å²) in [6, 6.07) is 11.4. The lowest BCUT2D eigenvalue weighted by Crippen LogP contribution is -2.58. The van der Waals surface area contributed by atoms with E-state index in [4.69, 9.17) is 18.9 Å². The number of aliphatic hydroxyl groups excluding tert-OH is 2. The molecule has 2 aromatic rings. The van der Waals surface area contributed by atoms with Crippen molar-refractivity contribution in [1.82, 2.24) is 0 Å². The fraction of sp³-hybridized carbons (Fsp3) is 0.400. The Bertz CT molecular complexity index is 1000. The molecule has 0 radical (unpaired) electrons. The van der Waals surface area contributed by atoms with Gasteiger partial charge in [0.25, 0.3) is 11.4 Å². The molecule has 12 heteroatoms. The quantitative estimate of drug-likeness (QED) is 0.491. The normalized spacial score (nSPS) is 28.5. The van der Waals surface area contributed by atoms with Gasteiger partial charge in [-0.2, -0.15) is 0 Å². The van der Waals surface area contributed by atoms with Crippen LogP contribution >= 0.6 is 0 Å². The van der Waals surface area contributed by atoms with Crippen LogP contribution < -0.4 is 0 Å². The van der Waals surface area contributed by atoms with Crippen molar-refractivity contribution >= 4 is 11.4 Å². The Balaban J connectivity index is 1.57. The average Bonchev–Trinajstić information content (AvgIpc) is 2.82. The molecule has 2 aliphatic rings. The van der Waals surface area contributed by atoms with Gasteiger partial charge in [0.2, 0.25) is 0 Å². The van der Waals surface area contributed by atoms with Gasteiger partial charge in [-0.25, -0.2) is 0 Å². The van der Waals surface area contributed by atoms with Crippen molar-refractivity contribution in [2.45, 2.75) is 37.0 Å². The maximum atomic E-state index is 11.1. The second-order valence-corrected chi connectivity index (χ2v) is 7.33. The molecule has 0 bridgehead atoms. The number of rotatable bonds is 6. The zero-order valence-corrected chi connectivity index (χ0v) is 16.6. The molecular formula is C20H20N2O10. The summed E-state index contributed by atoms with van der Waals surface area (Å²) in [5, 5.41) is 42.0. The molecule has 2 heterocycles. The predicted molar refractivity (Wildman–Crippen MR) is 105 cm³/mol. The van der Waals surface area contributed by atoms with Crippen LogP contribution in [-0.2, 0) is 18.9 Å². The van der Waals surface area contributed by atoms with Crippen LogP contribution in [0.25, 0.3) is 0 Å².